The van der Waals surface area contributed by atoms with Crippen LogP contribution in [0.3, 0.4) is 0 Å². The maximum atomic E-state index is 11.0. The van der Waals surface area contributed by atoms with Crippen LogP contribution in [0.2, 0.25) is 5.02 Å². The van der Waals surface area contributed by atoms with Crippen molar-refractivity contribution in [2.45, 2.75) is 17.9 Å². The van der Waals surface area contributed by atoms with E-state index in [0.29, 0.717) is 5.75 Å². The summed E-state index contributed by atoms with van der Waals surface area (Å²) >= 11 is 5.85. The van der Waals surface area contributed by atoms with E-state index < -0.39 is 9.05 Å². The Morgan fingerprint density at radius 2 is 2.12 bits per heavy atom. The third-order valence-corrected chi connectivity index (χ3v) is 3.48. The number of rotatable bonds is 4. The Kier molecular flexibility index (Phi) is 4.24. The van der Waals surface area contributed by atoms with Gasteiger partial charge in [-0.05, 0) is 25.1 Å². The predicted octanol–water partition coefficient (Wildman–Crippen LogP) is 3.22. The van der Waals surface area contributed by atoms with Gasteiger partial charge in [0.05, 0.1) is 9.92 Å². The molecule has 0 heterocycles. The van der Waals surface area contributed by atoms with Crippen LogP contribution in [-0.4, -0.2) is 14.5 Å². The Hall–Kier alpha value is -0.710. The average molecular weight is 281 g/mol. The minimum Gasteiger partial charge on any atom is -0.485 e. The van der Waals surface area contributed by atoms with Crippen LogP contribution in [0.5, 0.6) is 5.75 Å². The van der Waals surface area contributed by atoms with Gasteiger partial charge in [0.2, 0.25) is 0 Å². The first-order valence-electron chi connectivity index (χ1n) is 4.38. The van der Waals surface area contributed by atoms with Crippen molar-refractivity contribution in [1.82, 2.24) is 0 Å². The largest absolute Gasteiger partial charge is 0.485 e. The van der Waals surface area contributed by atoms with Crippen LogP contribution >= 0.6 is 22.3 Å². The van der Waals surface area contributed by atoms with Crippen LogP contribution in [0.1, 0.15) is 6.92 Å². The van der Waals surface area contributed by atoms with Gasteiger partial charge in [0.25, 0.3) is 9.05 Å². The van der Waals surface area contributed by atoms with E-state index in [1.54, 1.807) is 13.0 Å². The second-order valence-corrected chi connectivity index (χ2v) is 6.06. The first kappa shape index (κ1) is 13.4. The van der Waals surface area contributed by atoms with E-state index in [1.165, 1.54) is 18.2 Å². The molecule has 0 fully saturated rings. The molecule has 0 saturated heterocycles. The standard InChI is InChI=1S/C10H10Cl2O3S/c1-3-7(2)15-10-5-4-8(6-9(10)11)16(12,13)14/h3-7H,1H2,2H3. The second-order valence-electron chi connectivity index (χ2n) is 3.09. The summed E-state index contributed by atoms with van der Waals surface area (Å²) in [5, 5.41) is 0.190. The molecule has 0 amide bonds. The van der Waals surface area contributed by atoms with Gasteiger partial charge in [-0.25, -0.2) is 8.42 Å². The molecule has 0 N–H and O–H groups in total. The third kappa shape index (κ3) is 3.40. The summed E-state index contributed by atoms with van der Waals surface area (Å²) in [5.74, 6) is 0.387. The number of halogens is 2. The molecule has 0 saturated carbocycles. The number of hydrogen-bond acceptors (Lipinski definition) is 3. The topological polar surface area (TPSA) is 43.4 Å². The van der Waals surface area contributed by atoms with Crippen molar-refractivity contribution in [1.29, 1.82) is 0 Å². The van der Waals surface area contributed by atoms with Crippen LogP contribution < -0.4 is 4.74 Å². The first-order valence-corrected chi connectivity index (χ1v) is 7.06. The molecule has 0 bridgehead atoms. The summed E-state index contributed by atoms with van der Waals surface area (Å²) in [6.07, 6.45) is 1.39. The molecule has 0 spiro atoms. The van der Waals surface area contributed by atoms with Gasteiger partial charge in [-0.3, -0.25) is 0 Å². The molecule has 1 rings (SSSR count). The first-order chi connectivity index (χ1) is 7.34. The van der Waals surface area contributed by atoms with Gasteiger partial charge in [-0.1, -0.05) is 24.3 Å². The Morgan fingerprint density at radius 3 is 2.56 bits per heavy atom. The van der Waals surface area contributed by atoms with Gasteiger partial charge in [0.15, 0.2) is 0 Å². The molecule has 1 unspecified atom stereocenters. The highest BCUT2D eigenvalue weighted by molar-refractivity contribution is 8.13. The zero-order valence-corrected chi connectivity index (χ0v) is 10.8. The Balaban J connectivity index is 3.05. The number of hydrogen-bond donors (Lipinski definition) is 0. The normalized spacial score (nSPS) is 13.2. The van der Waals surface area contributed by atoms with E-state index in [2.05, 4.69) is 6.58 Å². The fraction of sp³-hybridized carbons (Fsp3) is 0.200. The highest BCUT2D eigenvalue weighted by Gasteiger charge is 2.13. The summed E-state index contributed by atoms with van der Waals surface area (Å²) in [7, 11) is 1.41. The molecule has 0 radical (unpaired) electrons. The van der Waals surface area contributed by atoms with Crippen LogP contribution in [-0.2, 0) is 9.05 Å². The van der Waals surface area contributed by atoms with Crippen LogP contribution in [0.4, 0.5) is 0 Å². The summed E-state index contributed by atoms with van der Waals surface area (Å²) in [4.78, 5) is -0.0576. The Labute approximate surface area is 104 Å². The Morgan fingerprint density at radius 1 is 1.50 bits per heavy atom. The zero-order chi connectivity index (χ0) is 12.3. The van der Waals surface area contributed by atoms with Gasteiger partial charge in [0, 0.05) is 10.7 Å². The minimum absolute atomic E-state index is 0.0576. The fourth-order valence-corrected chi connectivity index (χ4v) is 2.04. The van der Waals surface area contributed by atoms with Gasteiger partial charge < -0.3 is 4.74 Å². The lowest BCUT2D eigenvalue weighted by Gasteiger charge is -2.12. The maximum absolute atomic E-state index is 11.0. The van der Waals surface area contributed by atoms with E-state index in [0.717, 1.165) is 0 Å². The molecular weight excluding hydrogens is 271 g/mol. The SMILES string of the molecule is C=CC(C)Oc1ccc(S(=O)(=O)Cl)cc1Cl. The van der Waals surface area contributed by atoms with E-state index >= 15 is 0 Å². The number of benzene rings is 1. The lowest BCUT2D eigenvalue weighted by molar-refractivity contribution is 0.270. The molecule has 6 heteroatoms. The van der Waals surface area contributed by atoms with E-state index in [1.807, 2.05) is 0 Å². The molecule has 1 aromatic carbocycles. The van der Waals surface area contributed by atoms with Gasteiger partial charge >= 0.3 is 0 Å². The highest BCUT2D eigenvalue weighted by Crippen LogP contribution is 2.29. The fourth-order valence-electron chi connectivity index (χ4n) is 0.977. The van der Waals surface area contributed by atoms with E-state index in [4.69, 9.17) is 27.0 Å². The van der Waals surface area contributed by atoms with E-state index in [9.17, 15) is 8.42 Å². The molecule has 0 aromatic heterocycles. The maximum Gasteiger partial charge on any atom is 0.261 e. The summed E-state index contributed by atoms with van der Waals surface area (Å²) in [6, 6.07) is 4.03. The van der Waals surface area contributed by atoms with Crippen molar-refractivity contribution in [2.24, 2.45) is 0 Å². The third-order valence-electron chi connectivity index (χ3n) is 1.83. The van der Waals surface area contributed by atoms with Crippen LogP contribution in [0, 0.1) is 0 Å². The number of ether oxygens (including phenoxy) is 1. The van der Waals surface area contributed by atoms with Crippen LogP contribution in [0.25, 0.3) is 0 Å². The van der Waals surface area contributed by atoms with Gasteiger partial charge in [-0.2, -0.15) is 0 Å². The van der Waals surface area contributed by atoms with Crippen molar-refractivity contribution >= 4 is 31.3 Å². The molecule has 3 nitrogen and oxygen atoms in total. The summed E-state index contributed by atoms with van der Waals surface area (Å²) in [5.41, 5.74) is 0. The van der Waals surface area contributed by atoms with Crippen LogP contribution in [0.15, 0.2) is 35.7 Å². The molecule has 0 aliphatic rings. The summed E-state index contributed by atoms with van der Waals surface area (Å²) in [6.45, 7) is 5.35. The molecule has 1 atom stereocenters. The summed E-state index contributed by atoms with van der Waals surface area (Å²) < 4.78 is 27.4. The van der Waals surface area contributed by atoms with Crippen molar-refractivity contribution in [3.8, 4) is 5.75 Å². The van der Waals surface area contributed by atoms with Gasteiger partial charge in [-0.15, -0.1) is 0 Å². The lowest BCUT2D eigenvalue weighted by atomic mass is 10.3. The molecule has 1 aromatic rings. The quantitative estimate of drug-likeness (QED) is 0.628. The minimum atomic E-state index is -3.76. The zero-order valence-electron chi connectivity index (χ0n) is 8.48. The van der Waals surface area contributed by atoms with Crippen molar-refractivity contribution in [3.05, 3.63) is 35.9 Å². The van der Waals surface area contributed by atoms with Crippen molar-refractivity contribution < 1.29 is 13.2 Å². The average Bonchev–Trinajstić information content (AvgIpc) is 2.19. The Bertz CT molecular complexity index is 497. The second kappa shape index (κ2) is 5.08. The molecular formula is C10H10Cl2O3S. The van der Waals surface area contributed by atoms with E-state index in [-0.39, 0.29) is 16.0 Å². The van der Waals surface area contributed by atoms with Gasteiger partial charge in [0.1, 0.15) is 11.9 Å². The highest BCUT2D eigenvalue weighted by atomic mass is 35.7. The lowest BCUT2D eigenvalue weighted by Crippen LogP contribution is -2.07. The molecule has 0 aliphatic heterocycles. The monoisotopic (exact) mass is 280 g/mol. The molecule has 88 valence electrons. The smallest absolute Gasteiger partial charge is 0.261 e. The predicted molar refractivity (Wildman–Crippen MR) is 64.8 cm³/mol. The van der Waals surface area contributed by atoms with Crippen molar-refractivity contribution in [2.75, 3.05) is 0 Å². The van der Waals surface area contributed by atoms with Crippen molar-refractivity contribution in [3.63, 3.8) is 0 Å². The molecule has 16 heavy (non-hydrogen) atoms. The molecule has 0 aliphatic carbocycles.